The summed E-state index contributed by atoms with van der Waals surface area (Å²) >= 11 is 23.6. The van der Waals surface area contributed by atoms with Gasteiger partial charge in [0, 0.05) is 85.5 Å². The molecule has 3 amide bonds. The third-order valence-corrected chi connectivity index (χ3v) is 7.54. The van der Waals surface area contributed by atoms with E-state index in [-0.39, 0.29) is 25.4 Å². The first kappa shape index (κ1) is 37.8. The van der Waals surface area contributed by atoms with Crippen LogP contribution in [0.4, 0.5) is 14.4 Å². The van der Waals surface area contributed by atoms with Crippen LogP contribution < -0.4 is 10.6 Å². The third kappa shape index (κ3) is 14.4. The molecular formula is C31H41Cl4N5O6. The summed E-state index contributed by atoms with van der Waals surface area (Å²) in [4.78, 5) is 41.1. The van der Waals surface area contributed by atoms with Crippen LogP contribution in [0.2, 0.25) is 20.1 Å². The van der Waals surface area contributed by atoms with Crippen LogP contribution in [0.3, 0.4) is 0 Å². The summed E-state index contributed by atoms with van der Waals surface area (Å²) in [5, 5.41) is 8.00. The highest BCUT2D eigenvalue weighted by Gasteiger charge is 2.23. The number of hydrogen-bond acceptors (Lipinski definition) is 8. The number of amides is 3. The first-order valence-electron chi connectivity index (χ1n) is 14.9. The zero-order valence-corrected chi connectivity index (χ0v) is 29.3. The van der Waals surface area contributed by atoms with Gasteiger partial charge in [0.1, 0.15) is 18.8 Å². The van der Waals surface area contributed by atoms with Gasteiger partial charge < -0.3 is 34.6 Å². The second-order valence-electron chi connectivity index (χ2n) is 11.7. The van der Waals surface area contributed by atoms with Crippen LogP contribution >= 0.6 is 46.4 Å². The molecule has 0 radical (unpaired) electrons. The molecule has 46 heavy (non-hydrogen) atoms. The van der Waals surface area contributed by atoms with E-state index in [2.05, 4.69) is 15.5 Å². The van der Waals surface area contributed by atoms with Crippen molar-refractivity contribution in [2.24, 2.45) is 0 Å². The minimum atomic E-state index is -0.507. The molecule has 0 saturated carbocycles. The van der Waals surface area contributed by atoms with E-state index in [0.717, 1.165) is 24.2 Å². The number of alkyl carbamates (subject to hydrolysis) is 1. The molecule has 4 rings (SSSR count). The van der Waals surface area contributed by atoms with Crippen molar-refractivity contribution < 1.29 is 28.6 Å². The summed E-state index contributed by atoms with van der Waals surface area (Å²) in [6, 6.07) is 10.2. The van der Waals surface area contributed by atoms with E-state index < -0.39 is 11.7 Å². The highest BCUT2D eigenvalue weighted by molar-refractivity contribution is 6.35. The Balaban J connectivity index is 0.000000275. The molecule has 2 aromatic carbocycles. The molecule has 2 aliphatic rings. The molecule has 0 unspecified atom stereocenters. The van der Waals surface area contributed by atoms with Gasteiger partial charge >= 0.3 is 18.3 Å². The second kappa shape index (κ2) is 18.6. The summed E-state index contributed by atoms with van der Waals surface area (Å²) in [5.41, 5.74) is 1.03. The molecule has 2 heterocycles. The lowest BCUT2D eigenvalue weighted by Gasteiger charge is -2.34. The van der Waals surface area contributed by atoms with Gasteiger partial charge in [0.15, 0.2) is 0 Å². The Kier molecular flexibility index (Phi) is 15.3. The number of hydrogen-bond donors (Lipinski definition) is 2. The van der Waals surface area contributed by atoms with Gasteiger partial charge in [-0.15, -0.1) is 0 Å². The average Bonchev–Trinajstić information content (AvgIpc) is 2.98. The Morgan fingerprint density at radius 3 is 1.59 bits per heavy atom. The predicted molar refractivity (Wildman–Crippen MR) is 180 cm³/mol. The molecule has 2 fully saturated rings. The maximum Gasteiger partial charge on any atom is 0.410 e. The molecule has 0 aromatic heterocycles. The van der Waals surface area contributed by atoms with Crippen molar-refractivity contribution in [1.29, 1.82) is 0 Å². The van der Waals surface area contributed by atoms with Crippen molar-refractivity contribution in [2.45, 2.75) is 39.6 Å². The predicted octanol–water partition coefficient (Wildman–Crippen LogP) is 6.31. The third-order valence-electron chi connectivity index (χ3n) is 6.67. The number of benzene rings is 2. The van der Waals surface area contributed by atoms with E-state index in [4.69, 9.17) is 60.6 Å². The number of nitrogens with zero attached hydrogens (tertiary/aromatic N) is 3. The first-order chi connectivity index (χ1) is 21.8. The largest absolute Gasteiger partial charge is 0.445 e. The lowest BCUT2D eigenvalue weighted by atomic mass is 10.2. The molecule has 15 heteroatoms. The minimum Gasteiger partial charge on any atom is -0.445 e. The van der Waals surface area contributed by atoms with Gasteiger partial charge in [0.05, 0.1) is 0 Å². The second-order valence-corrected chi connectivity index (χ2v) is 13.4. The Bertz CT molecular complexity index is 1270. The lowest BCUT2D eigenvalue weighted by Crippen LogP contribution is -2.50. The minimum absolute atomic E-state index is 0.124. The first-order valence-corrected chi connectivity index (χ1v) is 16.4. The Hall–Kier alpha value is -2.67. The Morgan fingerprint density at radius 2 is 1.15 bits per heavy atom. The van der Waals surface area contributed by atoms with Gasteiger partial charge in [-0.3, -0.25) is 4.90 Å². The van der Waals surface area contributed by atoms with E-state index >= 15 is 0 Å². The molecule has 0 bridgehead atoms. The number of rotatable bonds is 7. The molecule has 254 valence electrons. The van der Waals surface area contributed by atoms with E-state index in [0.29, 0.717) is 72.4 Å². The van der Waals surface area contributed by atoms with Crippen LogP contribution in [0.1, 0.15) is 31.9 Å². The van der Waals surface area contributed by atoms with E-state index in [9.17, 15) is 14.4 Å². The van der Waals surface area contributed by atoms with Crippen molar-refractivity contribution in [2.75, 3.05) is 65.4 Å². The monoisotopic (exact) mass is 719 g/mol. The molecule has 0 atom stereocenters. The fraction of sp³-hybridized carbons (Fsp3) is 0.516. The standard InChI is InChI=1S/C19H27Cl2N3O4.C12H14Cl2N2O2/c1-19(2,3)28-17(25)22-4-5-23-6-8-24(9-7-23)18(26)27-13-14-10-15(20)12-16(21)11-14;13-10-5-9(6-11(14)7-10)8-18-12(17)16-3-1-15-2-4-16/h10-12H,4-9,13H2,1-3H3,(H,22,25);5-7,15H,1-4,8H2. The van der Waals surface area contributed by atoms with Gasteiger partial charge in [0.2, 0.25) is 0 Å². The quantitative estimate of drug-likeness (QED) is 0.321. The number of halogens is 4. The number of carbonyl (C=O) groups excluding carboxylic acids is 3. The summed E-state index contributed by atoms with van der Waals surface area (Å²) in [7, 11) is 0. The number of piperazine rings is 2. The van der Waals surface area contributed by atoms with Crippen LogP contribution in [-0.2, 0) is 27.4 Å². The van der Waals surface area contributed by atoms with Crippen LogP contribution in [-0.4, -0.2) is 104 Å². The van der Waals surface area contributed by atoms with E-state index in [1.54, 1.807) is 46.2 Å². The smallest absolute Gasteiger partial charge is 0.410 e. The van der Waals surface area contributed by atoms with Crippen molar-refractivity contribution in [3.8, 4) is 0 Å². The Morgan fingerprint density at radius 1 is 0.717 bits per heavy atom. The molecule has 2 aliphatic heterocycles. The normalized spacial score (nSPS) is 15.4. The van der Waals surface area contributed by atoms with Gasteiger partial charge in [0.25, 0.3) is 0 Å². The highest BCUT2D eigenvalue weighted by Crippen LogP contribution is 2.21. The fourth-order valence-electron chi connectivity index (χ4n) is 4.49. The number of nitrogens with one attached hydrogen (secondary N) is 2. The molecule has 0 aliphatic carbocycles. The summed E-state index contributed by atoms with van der Waals surface area (Å²) in [6.45, 7) is 12.5. The van der Waals surface area contributed by atoms with Gasteiger partial charge in [-0.2, -0.15) is 0 Å². The summed E-state index contributed by atoms with van der Waals surface area (Å²) in [6.07, 6.45) is -1.08. The number of ether oxygens (including phenoxy) is 3. The van der Waals surface area contributed by atoms with Gasteiger partial charge in [-0.05, 0) is 68.3 Å². The zero-order chi connectivity index (χ0) is 33.7. The maximum absolute atomic E-state index is 12.2. The molecule has 11 nitrogen and oxygen atoms in total. The molecule has 2 N–H and O–H groups in total. The Labute approximate surface area is 290 Å². The molecule has 0 spiro atoms. The summed E-state index contributed by atoms with van der Waals surface area (Å²) in [5.74, 6) is 0. The van der Waals surface area contributed by atoms with E-state index in [1.165, 1.54) is 0 Å². The highest BCUT2D eigenvalue weighted by atomic mass is 35.5. The zero-order valence-electron chi connectivity index (χ0n) is 26.3. The topological polar surface area (TPSA) is 113 Å². The van der Waals surface area contributed by atoms with Gasteiger partial charge in [-0.25, -0.2) is 14.4 Å². The van der Waals surface area contributed by atoms with Crippen molar-refractivity contribution in [3.63, 3.8) is 0 Å². The van der Waals surface area contributed by atoms with Crippen LogP contribution in [0, 0.1) is 0 Å². The van der Waals surface area contributed by atoms with Crippen LogP contribution in [0.15, 0.2) is 36.4 Å². The van der Waals surface area contributed by atoms with Crippen molar-refractivity contribution in [1.82, 2.24) is 25.3 Å². The van der Waals surface area contributed by atoms with Crippen LogP contribution in [0.5, 0.6) is 0 Å². The molecule has 2 saturated heterocycles. The SMILES string of the molecule is CC(C)(C)OC(=O)NCCN1CCN(C(=O)OCc2cc(Cl)cc(Cl)c2)CC1.O=C(OCc1cc(Cl)cc(Cl)c1)N1CCNCC1. The fourth-order valence-corrected chi connectivity index (χ4v) is 5.64. The van der Waals surface area contributed by atoms with E-state index in [1.807, 2.05) is 20.8 Å². The average molecular weight is 722 g/mol. The van der Waals surface area contributed by atoms with Crippen molar-refractivity contribution in [3.05, 3.63) is 67.6 Å². The number of carbonyl (C=O) groups is 3. The maximum atomic E-state index is 12.2. The summed E-state index contributed by atoms with van der Waals surface area (Å²) < 4.78 is 15.8. The lowest BCUT2D eigenvalue weighted by molar-refractivity contribution is 0.0512. The molecular weight excluding hydrogens is 680 g/mol. The molecule has 2 aromatic rings. The van der Waals surface area contributed by atoms with Crippen LogP contribution in [0.25, 0.3) is 0 Å². The van der Waals surface area contributed by atoms with Gasteiger partial charge in [-0.1, -0.05) is 46.4 Å². The van der Waals surface area contributed by atoms with Crippen molar-refractivity contribution >= 4 is 64.7 Å².